The molecule has 3 N–H and O–H groups in total. The molecule has 4 unspecified atom stereocenters. The third-order valence-corrected chi connectivity index (χ3v) is 8.76. The number of rotatable bonds is 2. The summed E-state index contributed by atoms with van der Waals surface area (Å²) in [6, 6.07) is 0.0959. The molecule has 0 aliphatic heterocycles. The minimum Gasteiger partial charge on any atom is -0.390 e. The van der Waals surface area contributed by atoms with Crippen molar-refractivity contribution in [1.29, 1.82) is 0 Å². The summed E-state index contributed by atoms with van der Waals surface area (Å²) in [5.41, 5.74) is 6.73. The second-order valence-corrected chi connectivity index (χ2v) is 9.82. The summed E-state index contributed by atoms with van der Waals surface area (Å²) in [6.07, 6.45) is 6.36. The molecule has 4 saturated carbocycles. The van der Waals surface area contributed by atoms with Crippen LogP contribution in [0.2, 0.25) is 0 Å². The molecule has 0 aromatic carbocycles. The van der Waals surface area contributed by atoms with Gasteiger partial charge in [0.2, 0.25) is 0 Å². The summed E-state index contributed by atoms with van der Waals surface area (Å²) < 4.78 is 5.90. The van der Waals surface area contributed by atoms with E-state index in [1.165, 1.54) is 12.8 Å². The molecule has 0 amide bonds. The Morgan fingerprint density at radius 2 is 2.00 bits per heavy atom. The molecular weight excluding hydrogens is 314 g/mol. The van der Waals surface area contributed by atoms with Crippen LogP contribution in [-0.2, 0) is 9.53 Å². The molecule has 0 spiro atoms. The summed E-state index contributed by atoms with van der Waals surface area (Å²) in [6.45, 7) is 7.25. The maximum absolute atomic E-state index is 12.6. The molecule has 4 heteroatoms. The predicted molar refractivity (Wildman–Crippen MR) is 96.9 cm³/mol. The Morgan fingerprint density at radius 3 is 2.72 bits per heavy atom. The molecule has 4 nitrogen and oxygen atoms in total. The van der Waals surface area contributed by atoms with Crippen LogP contribution in [-0.4, -0.2) is 35.7 Å². The van der Waals surface area contributed by atoms with Gasteiger partial charge in [-0.25, -0.2) is 0 Å². The molecule has 25 heavy (non-hydrogen) atoms. The third kappa shape index (κ3) is 2.47. The Balaban J connectivity index is 1.66. The smallest absolute Gasteiger partial charge is 0.139 e. The minimum atomic E-state index is -0.340. The van der Waals surface area contributed by atoms with Crippen LogP contribution < -0.4 is 5.73 Å². The maximum Gasteiger partial charge on any atom is 0.139 e. The number of nitrogens with two attached hydrogens (primary N) is 1. The highest BCUT2D eigenvalue weighted by atomic mass is 16.5. The molecule has 4 aliphatic rings. The number of Topliss-reactive ketones (excluding diaryl/α,β-unsaturated/α-hetero) is 1. The van der Waals surface area contributed by atoms with E-state index in [1.54, 1.807) is 0 Å². The van der Waals surface area contributed by atoms with Gasteiger partial charge >= 0.3 is 0 Å². The highest BCUT2D eigenvalue weighted by molar-refractivity contribution is 5.87. The van der Waals surface area contributed by atoms with Crippen molar-refractivity contribution in [2.24, 2.45) is 40.2 Å². The molecule has 0 saturated heterocycles. The Hall–Kier alpha value is -0.450. The zero-order valence-electron chi connectivity index (χ0n) is 16.0. The fourth-order valence-electron chi connectivity index (χ4n) is 7.67. The number of aliphatic hydroxyl groups excluding tert-OH is 1. The minimum absolute atomic E-state index is 0.0595. The van der Waals surface area contributed by atoms with Crippen LogP contribution >= 0.6 is 0 Å². The lowest BCUT2D eigenvalue weighted by molar-refractivity contribution is -0.175. The number of hydrogen-bond acceptors (Lipinski definition) is 4. The highest BCUT2D eigenvalue weighted by Gasteiger charge is 2.63. The van der Waals surface area contributed by atoms with Gasteiger partial charge in [-0.05, 0) is 74.5 Å². The number of ketones is 1. The molecule has 4 rings (SSSR count). The molecule has 9 atom stereocenters. The zero-order valence-corrected chi connectivity index (χ0v) is 16.0. The van der Waals surface area contributed by atoms with Crippen molar-refractivity contribution in [1.82, 2.24) is 0 Å². The first-order valence-electron chi connectivity index (χ1n) is 10.4. The molecule has 0 radical (unpaired) electrons. The summed E-state index contributed by atoms with van der Waals surface area (Å²) >= 11 is 0. The van der Waals surface area contributed by atoms with E-state index in [1.807, 2.05) is 6.92 Å². The van der Waals surface area contributed by atoms with Crippen molar-refractivity contribution in [3.63, 3.8) is 0 Å². The Kier molecular flexibility index (Phi) is 4.33. The first-order chi connectivity index (χ1) is 11.8. The number of aliphatic hydroxyl groups is 1. The topological polar surface area (TPSA) is 72.5 Å². The van der Waals surface area contributed by atoms with E-state index in [-0.39, 0.29) is 29.1 Å². The number of fused-ring (bicyclic) bond motifs is 5. The van der Waals surface area contributed by atoms with E-state index in [0.29, 0.717) is 36.1 Å². The summed E-state index contributed by atoms with van der Waals surface area (Å²) in [7, 11) is 0. The molecule has 0 bridgehead atoms. The van der Waals surface area contributed by atoms with Crippen molar-refractivity contribution in [2.45, 2.75) is 84.0 Å². The van der Waals surface area contributed by atoms with Gasteiger partial charge in [0.15, 0.2) is 0 Å². The van der Waals surface area contributed by atoms with E-state index in [0.717, 1.165) is 32.1 Å². The van der Waals surface area contributed by atoms with Crippen molar-refractivity contribution in [3.8, 4) is 0 Å². The van der Waals surface area contributed by atoms with Gasteiger partial charge in [0.1, 0.15) is 5.78 Å². The van der Waals surface area contributed by atoms with E-state index in [9.17, 15) is 9.90 Å². The Labute approximate surface area is 151 Å². The summed E-state index contributed by atoms with van der Waals surface area (Å²) in [4.78, 5) is 12.6. The van der Waals surface area contributed by atoms with Gasteiger partial charge in [0.25, 0.3) is 0 Å². The highest BCUT2D eigenvalue weighted by Crippen LogP contribution is 2.65. The fourth-order valence-corrected chi connectivity index (χ4v) is 7.67. The Morgan fingerprint density at radius 1 is 1.24 bits per heavy atom. The molecule has 0 aromatic heterocycles. The van der Waals surface area contributed by atoms with Gasteiger partial charge in [-0.1, -0.05) is 13.8 Å². The molecule has 4 aliphatic carbocycles. The zero-order chi connectivity index (χ0) is 18.0. The lowest BCUT2D eigenvalue weighted by atomic mass is 9.43. The second-order valence-electron chi connectivity index (χ2n) is 9.82. The SMILES string of the molecule is CCOC1C[C@@]2(C)C(CC[C@@H]3[C@H]2C(N)C[C@]2(C)C(=O)CC[C@@H]32)CC1O. The van der Waals surface area contributed by atoms with Crippen LogP contribution in [0.1, 0.15) is 65.7 Å². The maximum atomic E-state index is 12.6. The van der Waals surface area contributed by atoms with Crippen molar-refractivity contribution in [3.05, 3.63) is 0 Å². The second kappa shape index (κ2) is 6.03. The number of carbonyl (C=O) groups excluding carboxylic acids is 1. The fraction of sp³-hybridized carbons (Fsp3) is 0.952. The standard InChI is InChI=1S/C21H35NO3/c1-4-25-17-11-20(2)12(9-16(17)23)5-6-13-14-7-8-18(24)21(14,3)10-15(22)19(13)20/h12-17,19,23H,4-11,22H2,1-3H3/t12?,13-,14-,15?,16?,17?,19-,20-,21-/m0/s1. The monoisotopic (exact) mass is 349 g/mol. The van der Waals surface area contributed by atoms with Gasteiger partial charge in [0, 0.05) is 24.5 Å². The van der Waals surface area contributed by atoms with Crippen molar-refractivity contribution >= 4 is 5.78 Å². The van der Waals surface area contributed by atoms with E-state index >= 15 is 0 Å². The molecule has 4 fully saturated rings. The summed E-state index contributed by atoms with van der Waals surface area (Å²) in [5.74, 6) is 2.53. The molecule has 142 valence electrons. The molecule has 0 heterocycles. The predicted octanol–water partition coefficient (Wildman–Crippen LogP) is 2.91. The van der Waals surface area contributed by atoms with Crippen LogP contribution in [0, 0.1) is 34.5 Å². The molecule has 0 aromatic rings. The van der Waals surface area contributed by atoms with Crippen LogP contribution in [0.5, 0.6) is 0 Å². The third-order valence-electron chi connectivity index (χ3n) is 8.76. The number of carbonyl (C=O) groups is 1. The normalized spacial score (nSPS) is 55.4. The van der Waals surface area contributed by atoms with Crippen LogP contribution in [0.15, 0.2) is 0 Å². The average molecular weight is 350 g/mol. The first-order valence-corrected chi connectivity index (χ1v) is 10.4. The van der Waals surface area contributed by atoms with E-state index < -0.39 is 0 Å². The van der Waals surface area contributed by atoms with Crippen LogP contribution in [0.3, 0.4) is 0 Å². The van der Waals surface area contributed by atoms with Crippen LogP contribution in [0.25, 0.3) is 0 Å². The van der Waals surface area contributed by atoms with Gasteiger partial charge < -0.3 is 15.6 Å². The number of ether oxygens (including phenoxy) is 1. The Bertz CT molecular complexity index is 551. The van der Waals surface area contributed by atoms with Gasteiger partial charge in [0.05, 0.1) is 12.2 Å². The largest absolute Gasteiger partial charge is 0.390 e. The lowest BCUT2D eigenvalue weighted by Crippen LogP contribution is -2.63. The molecular formula is C21H35NO3. The first kappa shape index (κ1) is 17.9. The van der Waals surface area contributed by atoms with Crippen molar-refractivity contribution < 1.29 is 14.6 Å². The number of hydrogen-bond donors (Lipinski definition) is 2. The average Bonchev–Trinajstić information content (AvgIpc) is 2.83. The van der Waals surface area contributed by atoms with Gasteiger partial charge in [-0.2, -0.15) is 0 Å². The van der Waals surface area contributed by atoms with Gasteiger partial charge in [-0.15, -0.1) is 0 Å². The quantitative estimate of drug-likeness (QED) is 0.804. The van der Waals surface area contributed by atoms with E-state index in [4.69, 9.17) is 10.5 Å². The summed E-state index contributed by atoms with van der Waals surface area (Å²) in [5, 5.41) is 10.5. The van der Waals surface area contributed by atoms with Crippen LogP contribution in [0.4, 0.5) is 0 Å². The van der Waals surface area contributed by atoms with Crippen molar-refractivity contribution in [2.75, 3.05) is 6.61 Å². The lowest BCUT2D eigenvalue weighted by Gasteiger charge is -2.62. The van der Waals surface area contributed by atoms with E-state index in [2.05, 4.69) is 13.8 Å². The van der Waals surface area contributed by atoms with Gasteiger partial charge in [-0.3, -0.25) is 4.79 Å².